The minimum absolute atomic E-state index is 0.0758. The summed E-state index contributed by atoms with van der Waals surface area (Å²) in [4.78, 5) is 19.1. The molecule has 1 aromatic heterocycles. The van der Waals surface area contributed by atoms with Crippen molar-refractivity contribution in [1.29, 1.82) is 0 Å². The van der Waals surface area contributed by atoms with E-state index in [1.165, 1.54) is 0 Å². The van der Waals surface area contributed by atoms with Gasteiger partial charge in [0.25, 0.3) is 5.91 Å². The summed E-state index contributed by atoms with van der Waals surface area (Å²) in [6.07, 6.45) is 0. The number of aromatic nitrogens is 2. The summed E-state index contributed by atoms with van der Waals surface area (Å²) in [6, 6.07) is 7.10. The van der Waals surface area contributed by atoms with E-state index in [-0.39, 0.29) is 12.2 Å². The molecular weight excluding hydrogens is 316 g/mol. The van der Waals surface area contributed by atoms with Crippen LogP contribution < -0.4 is 9.03 Å². The quantitative estimate of drug-likeness (QED) is 0.871. The van der Waals surface area contributed by atoms with Crippen LogP contribution in [-0.4, -0.2) is 30.8 Å². The summed E-state index contributed by atoms with van der Waals surface area (Å²) in [5, 5.41) is 0. The second kappa shape index (κ2) is 6.41. The Hall–Kier alpha value is -2.35. The van der Waals surface area contributed by atoms with Gasteiger partial charge in [0.1, 0.15) is 11.5 Å². The predicted molar refractivity (Wildman–Crippen MR) is 88.6 cm³/mol. The number of nitrogens with zero attached hydrogens (tertiary/aromatic N) is 2. The third kappa shape index (κ3) is 3.53. The maximum Gasteiger partial charge on any atom is 0.326 e. The van der Waals surface area contributed by atoms with E-state index in [0.717, 1.165) is 9.87 Å². The number of carbonyl (C=O) groups is 1. The second-order valence-electron chi connectivity index (χ2n) is 5.18. The van der Waals surface area contributed by atoms with Crippen molar-refractivity contribution in [2.45, 2.75) is 27.7 Å². The van der Waals surface area contributed by atoms with Crippen LogP contribution in [0.3, 0.4) is 0 Å². The zero-order chi connectivity index (χ0) is 17.2. The largest absolute Gasteiger partial charge is 0.346 e. The van der Waals surface area contributed by atoms with Crippen LogP contribution in [0.5, 0.6) is 0 Å². The molecule has 8 heteroatoms. The standard InChI is InChI=1S/C15H20N4O3S/c1-5-19(13-9-7-6-8-10(13)2)23(21,22)18-15(20)14-11(3)16-12(4)17-14/h6-9H,5H2,1-4H3,(H,16,17)(H,18,20). The maximum atomic E-state index is 12.6. The Balaban J connectivity index is 2.32. The van der Waals surface area contributed by atoms with Crippen molar-refractivity contribution in [1.82, 2.24) is 14.7 Å². The van der Waals surface area contributed by atoms with Gasteiger partial charge < -0.3 is 4.98 Å². The lowest BCUT2D eigenvalue weighted by atomic mass is 10.2. The van der Waals surface area contributed by atoms with Crippen molar-refractivity contribution >= 4 is 21.8 Å². The maximum absolute atomic E-state index is 12.6. The van der Waals surface area contributed by atoms with E-state index in [4.69, 9.17) is 0 Å². The van der Waals surface area contributed by atoms with E-state index in [1.807, 2.05) is 19.1 Å². The average molecular weight is 336 g/mol. The SMILES string of the molecule is CCN(c1ccccc1C)S(=O)(=O)NC(=O)c1nc(C)[nH]c1C. The first kappa shape index (κ1) is 17.0. The van der Waals surface area contributed by atoms with Gasteiger partial charge in [-0.15, -0.1) is 0 Å². The number of carbonyl (C=O) groups excluding carboxylic acids is 1. The molecule has 2 aromatic rings. The normalized spacial score (nSPS) is 11.3. The van der Waals surface area contributed by atoms with Gasteiger partial charge in [0, 0.05) is 12.2 Å². The van der Waals surface area contributed by atoms with Crippen molar-refractivity contribution in [3.63, 3.8) is 0 Å². The molecule has 1 amide bonds. The fraction of sp³-hybridized carbons (Fsp3) is 0.333. The van der Waals surface area contributed by atoms with E-state index in [0.29, 0.717) is 17.2 Å². The lowest BCUT2D eigenvalue weighted by molar-refractivity contribution is 0.0976. The number of amides is 1. The van der Waals surface area contributed by atoms with Crippen molar-refractivity contribution in [3.8, 4) is 0 Å². The van der Waals surface area contributed by atoms with Gasteiger partial charge in [0.15, 0.2) is 0 Å². The number of anilines is 1. The van der Waals surface area contributed by atoms with E-state index in [1.54, 1.807) is 32.9 Å². The minimum atomic E-state index is -4.02. The first-order chi connectivity index (χ1) is 10.8. The van der Waals surface area contributed by atoms with Gasteiger partial charge in [0.05, 0.1) is 5.69 Å². The van der Waals surface area contributed by atoms with Gasteiger partial charge in [-0.05, 0) is 39.3 Å². The summed E-state index contributed by atoms with van der Waals surface area (Å²) in [5.41, 5.74) is 1.94. The number of benzene rings is 1. The second-order valence-corrected chi connectivity index (χ2v) is 6.78. The third-order valence-electron chi connectivity index (χ3n) is 3.40. The molecule has 2 N–H and O–H groups in total. The monoisotopic (exact) mass is 336 g/mol. The first-order valence-electron chi connectivity index (χ1n) is 7.20. The van der Waals surface area contributed by atoms with Gasteiger partial charge in [-0.2, -0.15) is 8.42 Å². The van der Waals surface area contributed by atoms with E-state index in [2.05, 4.69) is 14.7 Å². The zero-order valence-electron chi connectivity index (χ0n) is 13.5. The molecule has 0 fully saturated rings. The highest BCUT2D eigenvalue weighted by Gasteiger charge is 2.26. The van der Waals surface area contributed by atoms with Crippen molar-refractivity contribution < 1.29 is 13.2 Å². The molecule has 0 saturated heterocycles. The first-order valence-corrected chi connectivity index (χ1v) is 8.64. The molecule has 2 rings (SSSR count). The molecule has 7 nitrogen and oxygen atoms in total. The summed E-state index contributed by atoms with van der Waals surface area (Å²) in [6.45, 7) is 7.09. The van der Waals surface area contributed by atoms with Crippen LogP contribution in [0.25, 0.3) is 0 Å². The highest BCUT2D eigenvalue weighted by molar-refractivity contribution is 7.91. The summed E-state index contributed by atoms with van der Waals surface area (Å²) >= 11 is 0. The van der Waals surface area contributed by atoms with Gasteiger partial charge in [-0.3, -0.25) is 9.10 Å². The van der Waals surface area contributed by atoms with Crippen molar-refractivity contribution in [2.24, 2.45) is 0 Å². The van der Waals surface area contributed by atoms with Crippen LogP contribution in [0.2, 0.25) is 0 Å². The molecule has 0 atom stereocenters. The van der Waals surface area contributed by atoms with Crippen LogP contribution in [0, 0.1) is 20.8 Å². The van der Waals surface area contributed by atoms with E-state index < -0.39 is 16.1 Å². The Bertz CT molecular complexity index is 827. The third-order valence-corrected chi connectivity index (χ3v) is 4.88. The number of nitrogens with one attached hydrogen (secondary N) is 2. The molecule has 0 saturated carbocycles. The van der Waals surface area contributed by atoms with Gasteiger partial charge in [0.2, 0.25) is 0 Å². The molecular formula is C15H20N4O3S. The average Bonchev–Trinajstić information content (AvgIpc) is 2.80. The molecule has 1 aromatic carbocycles. The minimum Gasteiger partial charge on any atom is -0.346 e. The Morgan fingerprint density at radius 2 is 1.91 bits per heavy atom. The van der Waals surface area contributed by atoms with E-state index >= 15 is 0 Å². The number of aromatic amines is 1. The van der Waals surface area contributed by atoms with Crippen LogP contribution in [0.15, 0.2) is 24.3 Å². The lowest BCUT2D eigenvalue weighted by Crippen LogP contribution is -2.44. The van der Waals surface area contributed by atoms with Crippen LogP contribution in [0.1, 0.15) is 34.5 Å². The molecule has 0 spiro atoms. The molecule has 1 heterocycles. The smallest absolute Gasteiger partial charge is 0.326 e. The van der Waals surface area contributed by atoms with Gasteiger partial charge in [-0.1, -0.05) is 18.2 Å². The molecule has 0 bridgehead atoms. The van der Waals surface area contributed by atoms with Crippen molar-refractivity contribution in [3.05, 3.63) is 47.0 Å². The molecule has 0 aliphatic carbocycles. The molecule has 124 valence electrons. The Labute approximate surface area is 135 Å². The highest BCUT2D eigenvalue weighted by atomic mass is 32.2. The lowest BCUT2D eigenvalue weighted by Gasteiger charge is -2.24. The molecule has 0 aliphatic rings. The fourth-order valence-electron chi connectivity index (χ4n) is 2.36. The topological polar surface area (TPSA) is 95.2 Å². The number of H-pyrrole nitrogens is 1. The number of hydrogen-bond acceptors (Lipinski definition) is 4. The molecule has 0 aliphatic heterocycles. The predicted octanol–water partition coefficient (Wildman–Crippen LogP) is 1.84. The molecule has 23 heavy (non-hydrogen) atoms. The summed E-state index contributed by atoms with van der Waals surface area (Å²) in [7, 11) is -4.02. The van der Waals surface area contributed by atoms with Crippen molar-refractivity contribution in [2.75, 3.05) is 10.8 Å². The fourth-order valence-corrected chi connectivity index (χ4v) is 3.61. The Morgan fingerprint density at radius 3 is 2.43 bits per heavy atom. The van der Waals surface area contributed by atoms with Crippen LogP contribution in [-0.2, 0) is 10.2 Å². The summed E-state index contributed by atoms with van der Waals surface area (Å²) < 4.78 is 28.4. The number of hydrogen-bond donors (Lipinski definition) is 2. The number of imidazole rings is 1. The van der Waals surface area contributed by atoms with E-state index in [9.17, 15) is 13.2 Å². The van der Waals surface area contributed by atoms with Gasteiger partial charge >= 0.3 is 10.2 Å². The molecule has 0 unspecified atom stereocenters. The highest BCUT2D eigenvalue weighted by Crippen LogP contribution is 2.21. The Morgan fingerprint density at radius 1 is 1.26 bits per heavy atom. The number of aryl methyl sites for hydroxylation is 3. The summed E-state index contributed by atoms with van der Waals surface area (Å²) in [5.74, 6) is -0.199. The van der Waals surface area contributed by atoms with Crippen LogP contribution in [0.4, 0.5) is 5.69 Å². The number of para-hydroxylation sites is 1. The Kier molecular flexibility index (Phi) is 4.74. The van der Waals surface area contributed by atoms with Gasteiger partial charge in [-0.25, -0.2) is 9.71 Å². The van der Waals surface area contributed by atoms with Crippen LogP contribution >= 0.6 is 0 Å². The zero-order valence-corrected chi connectivity index (χ0v) is 14.4. The number of rotatable bonds is 5. The molecule has 0 radical (unpaired) electrons.